The van der Waals surface area contributed by atoms with E-state index in [9.17, 15) is 27.6 Å². The van der Waals surface area contributed by atoms with Gasteiger partial charge in [0.15, 0.2) is 0 Å². The number of rotatable bonds is 9. The van der Waals surface area contributed by atoms with E-state index in [0.717, 1.165) is 14.8 Å². The van der Waals surface area contributed by atoms with Gasteiger partial charge in [-0.25, -0.2) is 13.3 Å². The Morgan fingerprint density at radius 2 is 1.38 bits per heavy atom. The number of carbonyl (C=O) groups is 4. The van der Waals surface area contributed by atoms with Crippen molar-refractivity contribution >= 4 is 50.7 Å². The van der Waals surface area contributed by atoms with Gasteiger partial charge in [-0.1, -0.05) is 30.3 Å². The van der Waals surface area contributed by atoms with Gasteiger partial charge in [0.05, 0.1) is 17.0 Å². The number of hydrogen-bond donors (Lipinski definition) is 2. The van der Waals surface area contributed by atoms with E-state index in [4.69, 9.17) is 0 Å². The molecule has 1 fully saturated rings. The Bertz CT molecular complexity index is 1490. The second kappa shape index (κ2) is 11.6. The van der Waals surface area contributed by atoms with E-state index in [2.05, 4.69) is 10.6 Å². The highest BCUT2D eigenvalue weighted by molar-refractivity contribution is 7.89. The summed E-state index contributed by atoms with van der Waals surface area (Å²) in [6.07, 6.45) is 0.0116. The minimum absolute atomic E-state index is 0.0290. The van der Waals surface area contributed by atoms with Gasteiger partial charge in [0.1, 0.15) is 6.04 Å². The third-order valence-electron chi connectivity index (χ3n) is 6.16. The second-order valence-corrected chi connectivity index (χ2v) is 11.0. The lowest BCUT2D eigenvalue weighted by Crippen LogP contribution is -2.46. The van der Waals surface area contributed by atoms with Crippen molar-refractivity contribution in [1.82, 2.24) is 4.31 Å². The standard InChI is InChI=1S/C28H28N4O6S/c1-19(33)29-22-8-12-24(13-9-22)32-27(35)18-26(28(32)36)31(17-16-21-6-4-3-5-7-21)39(37,38)25-14-10-23(11-15-25)30-20(2)34/h3-15,26H,16-18H2,1-2H3,(H,29,33)(H,30,34). The first kappa shape index (κ1) is 27.7. The van der Waals surface area contributed by atoms with E-state index in [-0.39, 0.29) is 35.4 Å². The second-order valence-electron chi connectivity index (χ2n) is 9.07. The number of hydrogen-bond acceptors (Lipinski definition) is 6. The number of nitrogens with zero attached hydrogens (tertiary/aromatic N) is 2. The van der Waals surface area contributed by atoms with Crippen LogP contribution in [-0.2, 0) is 35.6 Å². The first-order valence-corrected chi connectivity index (χ1v) is 13.7. The minimum Gasteiger partial charge on any atom is -0.326 e. The Kier molecular flexibility index (Phi) is 8.22. The Morgan fingerprint density at radius 3 is 1.92 bits per heavy atom. The molecule has 1 aliphatic rings. The van der Waals surface area contributed by atoms with Gasteiger partial charge in [0.2, 0.25) is 27.7 Å². The number of benzene rings is 3. The van der Waals surface area contributed by atoms with Gasteiger partial charge in [-0.15, -0.1) is 0 Å². The fourth-order valence-corrected chi connectivity index (χ4v) is 5.97. The van der Waals surface area contributed by atoms with Gasteiger partial charge in [-0.3, -0.25) is 19.2 Å². The molecule has 3 aromatic carbocycles. The number of amides is 4. The van der Waals surface area contributed by atoms with Crippen LogP contribution in [0.5, 0.6) is 0 Å². The molecule has 1 unspecified atom stereocenters. The number of anilines is 3. The Balaban J connectivity index is 1.65. The molecule has 1 aliphatic heterocycles. The lowest BCUT2D eigenvalue weighted by atomic mass is 10.1. The summed E-state index contributed by atoms with van der Waals surface area (Å²) in [4.78, 5) is 50.2. The fraction of sp³-hybridized carbons (Fsp3) is 0.214. The van der Waals surface area contributed by atoms with Crippen molar-refractivity contribution in [2.24, 2.45) is 0 Å². The normalized spacial score (nSPS) is 15.5. The smallest absolute Gasteiger partial charge is 0.252 e. The van der Waals surface area contributed by atoms with E-state index >= 15 is 0 Å². The Hall–Kier alpha value is -4.35. The first-order valence-electron chi connectivity index (χ1n) is 12.2. The van der Waals surface area contributed by atoms with Gasteiger partial charge < -0.3 is 10.6 Å². The fourth-order valence-electron chi connectivity index (χ4n) is 4.39. The van der Waals surface area contributed by atoms with Crippen LogP contribution in [-0.4, -0.2) is 48.9 Å². The van der Waals surface area contributed by atoms with Gasteiger partial charge >= 0.3 is 0 Å². The zero-order valence-corrected chi connectivity index (χ0v) is 22.3. The number of sulfonamides is 1. The molecule has 4 amide bonds. The summed E-state index contributed by atoms with van der Waals surface area (Å²) in [5.41, 5.74) is 2.08. The predicted octanol–water partition coefficient (Wildman–Crippen LogP) is 3.17. The van der Waals surface area contributed by atoms with Crippen molar-refractivity contribution in [3.63, 3.8) is 0 Å². The molecule has 0 spiro atoms. The average molecular weight is 549 g/mol. The molecule has 1 saturated heterocycles. The molecule has 39 heavy (non-hydrogen) atoms. The highest BCUT2D eigenvalue weighted by Crippen LogP contribution is 2.30. The monoisotopic (exact) mass is 548 g/mol. The molecule has 0 aliphatic carbocycles. The topological polar surface area (TPSA) is 133 Å². The van der Waals surface area contributed by atoms with Gasteiger partial charge in [-0.05, 0) is 60.5 Å². The molecule has 0 bridgehead atoms. The van der Waals surface area contributed by atoms with Gasteiger partial charge in [0.25, 0.3) is 5.91 Å². The highest BCUT2D eigenvalue weighted by atomic mass is 32.2. The Morgan fingerprint density at radius 1 is 0.846 bits per heavy atom. The van der Waals surface area contributed by atoms with Crippen molar-refractivity contribution in [1.29, 1.82) is 0 Å². The number of carbonyl (C=O) groups excluding carboxylic acids is 4. The van der Waals surface area contributed by atoms with Crippen molar-refractivity contribution in [3.8, 4) is 0 Å². The SMILES string of the molecule is CC(=O)Nc1ccc(N2C(=O)CC(N(CCc3ccccc3)S(=O)(=O)c3ccc(NC(C)=O)cc3)C2=O)cc1. The minimum atomic E-state index is -4.21. The molecule has 2 N–H and O–H groups in total. The van der Waals surface area contributed by atoms with Crippen LogP contribution in [0.1, 0.15) is 25.8 Å². The van der Waals surface area contributed by atoms with Crippen LogP contribution in [0.2, 0.25) is 0 Å². The van der Waals surface area contributed by atoms with Crippen LogP contribution in [0.3, 0.4) is 0 Å². The number of imide groups is 1. The Labute approximate surface area is 226 Å². The van der Waals surface area contributed by atoms with E-state index in [1.807, 2.05) is 30.3 Å². The molecule has 1 heterocycles. The largest absolute Gasteiger partial charge is 0.326 e. The molecule has 10 nitrogen and oxygen atoms in total. The van der Waals surface area contributed by atoms with Crippen LogP contribution in [0, 0.1) is 0 Å². The molecule has 0 radical (unpaired) electrons. The first-order chi connectivity index (χ1) is 18.6. The van der Waals surface area contributed by atoms with Crippen LogP contribution in [0.15, 0.2) is 83.8 Å². The average Bonchev–Trinajstić information content (AvgIpc) is 3.18. The summed E-state index contributed by atoms with van der Waals surface area (Å²) in [5, 5.41) is 5.21. The molecular formula is C28H28N4O6S. The molecule has 0 aromatic heterocycles. The van der Waals surface area contributed by atoms with Crippen LogP contribution >= 0.6 is 0 Å². The van der Waals surface area contributed by atoms with E-state index in [1.165, 1.54) is 50.2 Å². The highest BCUT2D eigenvalue weighted by Gasteiger charge is 2.46. The van der Waals surface area contributed by atoms with Crippen molar-refractivity contribution in [2.75, 3.05) is 22.1 Å². The predicted molar refractivity (Wildman–Crippen MR) is 146 cm³/mol. The van der Waals surface area contributed by atoms with Gasteiger partial charge in [0, 0.05) is 31.8 Å². The lowest BCUT2D eigenvalue weighted by molar-refractivity contribution is -0.122. The van der Waals surface area contributed by atoms with Gasteiger partial charge in [-0.2, -0.15) is 4.31 Å². The van der Waals surface area contributed by atoms with Crippen LogP contribution in [0.4, 0.5) is 17.1 Å². The van der Waals surface area contributed by atoms with Crippen molar-refractivity contribution in [2.45, 2.75) is 37.6 Å². The summed E-state index contributed by atoms with van der Waals surface area (Å²) >= 11 is 0. The van der Waals surface area contributed by atoms with E-state index in [1.54, 1.807) is 12.1 Å². The molecule has 4 rings (SSSR count). The molecule has 11 heteroatoms. The molecule has 0 saturated carbocycles. The third-order valence-corrected chi connectivity index (χ3v) is 8.08. The zero-order chi connectivity index (χ0) is 28.2. The molecule has 202 valence electrons. The molecule has 1 atom stereocenters. The number of nitrogens with one attached hydrogen (secondary N) is 2. The maximum absolute atomic E-state index is 13.8. The third kappa shape index (κ3) is 6.39. The quantitative estimate of drug-likeness (QED) is 0.395. The zero-order valence-electron chi connectivity index (χ0n) is 21.5. The molecular weight excluding hydrogens is 520 g/mol. The summed E-state index contributed by atoms with van der Waals surface area (Å²) < 4.78 is 28.7. The molecule has 3 aromatic rings. The summed E-state index contributed by atoms with van der Waals surface area (Å²) in [5.74, 6) is -1.74. The van der Waals surface area contributed by atoms with E-state index in [0.29, 0.717) is 17.8 Å². The van der Waals surface area contributed by atoms with Crippen LogP contribution in [0.25, 0.3) is 0 Å². The van der Waals surface area contributed by atoms with Crippen molar-refractivity contribution < 1.29 is 27.6 Å². The van der Waals surface area contributed by atoms with E-state index < -0.39 is 27.9 Å². The maximum atomic E-state index is 13.8. The van der Waals surface area contributed by atoms with Crippen molar-refractivity contribution in [3.05, 3.63) is 84.4 Å². The lowest BCUT2D eigenvalue weighted by Gasteiger charge is -2.27. The summed E-state index contributed by atoms with van der Waals surface area (Å²) in [7, 11) is -4.21. The summed E-state index contributed by atoms with van der Waals surface area (Å²) in [6, 6.07) is 19.8. The summed E-state index contributed by atoms with van der Waals surface area (Å²) in [6.45, 7) is 2.68. The van der Waals surface area contributed by atoms with Crippen LogP contribution < -0.4 is 15.5 Å². The maximum Gasteiger partial charge on any atom is 0.252 e.